The van der Waals surface area contributed by atoms with Gasteiger partial charge in [0.15, 0.2) is 0 Å². The van der Waals surface area contributed by atoms with Crippen LogP contribution >= 0.6 is 0 Å². The van der Waals surface area contributed by atoms with Crippen LogP contribution in [0.4, 0.5) is 11.4 Å². The molecule has 0 aromatic carbocycles. The monoisotopic (exact) mass is 318 g/mol. The second-order valence-corrected chi connectivity index (χ2v) is 4.64. The molecule has 2 aromatic rings. The van der Waals surface area contributed by atoms with Crippen LogP contribution in [0.15, 0.2) is 24.8 Å². The zero-order chi connectivity index (χ0) is 17.6. The molecule has 0 bridgehead atoms. The quantitative estimate of drug-likeness (QED) is 0.706. The Morgan fingerprint density at radius 1 is 0.957 bits per heavy atom. The maximum Gasteiger partial charge on any atom is 0.340 e. The molecule has 2 heterocycles. The van der Waals surface area contributed by atoms with Crippen molar-refractivity contribution in [3.05, 3.63) is 47.0 Å². The number of nitrogen functional groups attached to an aromatic ring is 2. The number of ether oxygens (including phenoxy) is 1. The first kappa shape index (κ1) is 17.9. The summed E-state index contributed by atoms with van der Waals surface area (Å²) in [6, 6.07) is 0. The number of aromatic carboxylic acids is 1. The van der Waals surface area contributed by atoms with E-state index in [-0.39, 0.29) is 11.3 Å². The molecule has 0 saturated carbocycles. The number of anilines is 2. The Bertz CT molecular complexity index is 691. The number of nitrogens with zero attached hydrogens (tertiary/aromatic N) is 2. The fourth-order valence-electron chi connectivity index (χ4n) is 1.85. The number of rotatable bonds is 2. The number of carboxylic acids is 1. The minimum Gasteiger partial charge on any atom is -0.478 e. The van der Waals surface area contributed by atoms with E-state index in [1.165, 1.54) is 25.7 Å². The lowest BCUT2D eigenvalue weighted by atomic mass is 10.1. The number of hydrogen-bond acceptors (Lipinski definition) is 7. The van der Waals surface area contributed by atoms with Crippen molar-refractivity contribution >= 4 is 23.3 Å². The van der Waals surface area contributed by atoms with E-state index in [1.54, 1.807) is 20.0 Å². The number of pyridine rings is 2. The van der Waals surface area contributed by atoms with Crippen LogP contribution in [0.2, 0.25) is 0 Å². The number of carbonyl (C=O) groups is 2. The van der Waals surface area contributed by atoms with Gasteiger partial charge in [0, 0.05) is 12.4 Å². The third-order valence-corrected chi connectivity index (χ3v) is 2.93. The molecule has 0 unspecified atom stereocenters. The Balaban J connectivity index is 0.000000231. The lowest BCUT2D eigenvalue weighted by molar-refractivity contribution is 0.0600. The van der Waals surface area contributed by atoms with Gasteiger partial charge < -0.3 is 21.3 Å². The van der Waals surface area contributed by atoms with Gasteiger partial charge in [0.25, 0.3) is 0 Å². The zero-order valence-corrected chi connectivity index (χ0v) is 13.0. The summed E-state index contributed by atoms with van der Waals surface area (Å²) in [4.78, 5) is 29.2. The van der Waals surface area contributed by atoms with E-state index in [2.05, 4.69) is 14.7 Å². The molecule has 23 heavy (non-hydrogen) atoms. The normalized spacial score (nSPS) is 9.52. The van der Waals surface area contributed by atoms with E-state index in [9.17, 15) is 9.59 Å². The Morgan fingerprint density at radius 3 is 1.70 bits per heavy atom. The number of methoxy groups -OCH3 is 1. The molecule has 122 valence electrons. The van der Waals surface area contributed by atoms with E-state index in [0.29, 0.717) is 16.8 Å². The molecule has 0 amide bonds. The average molecular weight is 318 g/mol. The van der Waals surface area contributed by atoms with E-state index in [1.807, 2.05) is 0 Å². The van der Waals surface area contributed by atoms with Gasteiger partial charge in [-0.25, -0.2) is 9.59 Å². The SMILES string of the molecule is COC(=O)c1c(C)cncc1N.Cc1cncc(N)c1C(=O)O. The summed E-state index contributed by atoms with van der Waals surface area (Å²) in [5.41, 5.74) is 13.3. The molecule has 0 fully saturated rings. The van der Waals surface area contributed by atoms with Gasteiger partial charge in [0.2, 0.25) is 0 Å². The summed E-state index contributed by atoms with van der Waals surface area (Å²) in [5.74, 6) is -1.44. The summed E-state index contributed by atoms with van der Waals surface area (Å²) in [6.07, 6.45) is 5.80. The van der Waals surface area contributed by atoms with Gasteiger partial charge in [-0.05, 0) is 25.0 Å². The van der Waals surface area contributed by atoms with Crippen molar-refractivity contribution < 1.29 is 19.4 Å². The number of aryl methyl sites for hydroxylation is 2. The highest BCUT2D eigenvalue weighted by Crippen LogP contribution is 2.15. The van der Waals surface area contributed by atoms with Crippen LogP contribution in [0.5, 0.6) is 0 Å². The molecule has 0 aliphatic rings. The van der Waals surface area contributed by atoms with Gasteiger partial charge in [-0.1, -0.05) is 0 Å². The van der Waals surface area contributed by atoms with Crippen LogP contribution < -0.4 is 11.5 Å². The highest BCUT2D eigenvalue weighted by Gasteiger charge is 2.12. The second kappa shape index (κ2) is 7.74. The number of carbonyl (C=O) groups excluding carboxylic acids is 1. The minimum absolute atomic E-state index is 0.139. The fourth-order valence-corrected chi connectivity index (χ4v) is 1.85. The first-order valence-electron chi connectivity index (χ1n) is 6.51. The van der Waals surface area contributed by atoms with Gasteiger partial charge in [-0.3, -0.25) is 9.97 Å². The lowest BCUT2D eigenvalue weighted by Crippen LogP contribution is -2.08. The van der Waals surface area contributed by atoms with Crippen molar-refractivity contribution in [2.24, 2.45) is 0 Å². The topological polar surface area (TPSA) is 141 Å². The molecule has 0 atom stereocenters. The van der Waals surface area contributed by atoms with Crippen LogP contribution in [0.3, 0.4) is 0 Å². The second-order valence-electron chi connectivity index (χ2n) is 4.64. The van der Waals surface area contributed by atoms with E-state index in [4.69, 9.17) is 16.6 Å². The summed E-state index contributed by atoms with van der Waals surface area (Å²) >= 11 is 0. The highest BCUT2D eigenvalue weighted by molar-refractivity contribution is 5.96. The maximum absolute atomic E-state index is 11.1. The maximum atomic E-state index is 11.1. The first-order chi connectivity index (χ1) is 10.8. The molecule has 8 heteroatoms. The van der Waals surface area contributed by atoms with Gasteiger partial charge in [0.05, 0.1) is 42.0 Å². The predicted octanol–water partition coefficient (Wildman–Crippen LogP) is 1.43. The van der Waals surface area contributed by atoms with E-state index in [0.717, 1.165) is 5.56 Å². The first-order valence-corrected chi connectivity index (χ1v) is 6.51. The number of carboxylic acid groups (broad SMARTS) is 1. The molecule has 8 nitrogen and oxygen atoms in total. The van der Waals surface area contributed by atoms with E-state index < -0.39 is 11.9 Å². The van der Waals surface area contributed by atoms with Gasteiger partial charge >= 0.3 is 11.9 Å². The fraction of sp³-hybridized carbons (Fsp3) is 0.200. The van der Waals surface area contributed by atoms with Crippen molar-refractivity contribution in [1.29, 1.82) is 0 Å². The number of hydrogen-bond donors (Lipinski definition) is 3. The standard InChI is InChI=1S/C8H10N2O2.C7H8N2O2/c1-5-3-10-4-6(9)7(5)8(11)12-2;1-4-2-9-3-5(8)6(4)7(10)11/h3-4H,9H2,1-2H3;2-3H,8H2,1H3,(H,10,11). The molecule has 0 saturated heterocycles. The summed E-state index contributed by atoms with van der Waals surface area (Å²) < 4.78 is 4.55. The molecule has 2 rings (SSSR count). The minimum atomic E-state index is -1.01. The number of aromatic nitrogens is 2. The number of nitrogens with two attached hydrogens (primary N) is 2. The summed E-state index contributed by atoms with van der Waals surface area (Å²) in [6.45, 7) is 3.42. The van der Waals surface area contributed by atoms with Crippen LogP contribution in [-0.2, 0) is 4.74 Å². The third kappa shape index (κ3) is 4.40. The molecule has 0 aliphatic heterocycles. The van der Waals surface area contributed by atoms with Crippen molar-refractivity contribution in [2.45, 2.75) is 13.8 Å². The van der Waals surface area contributed by atoms with Crippen LogP contribution in [0, 0.1) is 13.8 Å². The van der Waals surface area contributed by atoms with Gasteiger partial charge in [-0.15, -0.1) is 0 Å². The van der Waals surface area contributed by atoms with E-state index >= 15 is 0 Å². The molecule has 0 spiro atoms. The Kier molecular flexibility index (Phi) is 6.02. The van der Waals surface area contributed by atoms with Crippen molar-refractivity contribution in [2.75, 3.05) is 18.6 Å². The van der Waals surface area contributed by atoms with Gasteiger partial charge in [-0.2, -0.15) is 0 Å². The van der Waals surface area contributed by atoms with Crippen LogP contribution in [0.25, 0.3) is 0 Å². The Morgan fingerprint density at radius 2 is 1.39 bits per heavy atom. The zero-order valence-electron chi connectivity index (χ0n) is 13.0. The summed E-state index contributed by atoms with van der Waals surface area (Å²) in [5, 5.41) is 8.64. The number of esters is 1. The van der Waals surface area contributed by atoms with Crippen LogP contribution in [0.1, 0.15) is 31.8 Å². The molecule has 5 N–H and O–H groups in total. The lowest BCUT2D eigenvalue weighted by Gasteiger charge is -2.04. The average Bonchev–Trinajstić information content (AvgIpc) is 2.47. The van der Waals surface area contributed by atoms with Gasteiger partial charge in [0.1, 0.15) is 0 Å². The molecular formula is C15H18N4O4. The molecule has 2 aromatic heterocycles. The smallest absolute Gasteiger partial charge is 0.340 e. The predicted molar refractivity (Wildman–Crippen MR) is 85.1 cm³/mol. The van der Waals surface area contributed by atoms with Crippen molar-refractivity contribution in [3.63, 3.8) is 0 Å². The van der Waals surface area contributed by atoms with Crippen LogP contribution in [-0.4, -0.2) is 34.1 Å². The molecular weight excluding hydrogens is 300 g/mol. The Labute approximate surface area is 133 Å². The molecule has 0 aliphatic carbocycles. The van der Waals surface area contributed by atoms with Crippen molar-refractivity contribution in [3.8, 4) is 0 Å². The largest absolute Gasteiger partial charge is 0.478 e. The Hall–Kier alpha value is -3.16. The molecule has 0 radical (unpaired) electrons. The third-order valence-electron chi connectivity index (χ3n) is 2.93. The summed E-state index contributed by atoms with van der Waals surface area (Å²) in [7, 11) is 1.32. The highest BCUT2D eigenvalue weighted by atomic mass is 16.5. The van der Waals surface area contributed by atoms with Crippen molar-refractivity contribution in [1.82, 2.24) is 9.97 Å².